The molecule has 3 heteroatoms. The fourth-order valence-corrected chi connectivity index (χ4v) is 1.89. The molecule has 0 aliphatic heterocycles. The summed E-state index contributed by atoms with van der Waals surface area (Å²) in [5.41, 5.74) is 0.247. The van der Waals surface area contributed by atoms with E-state index in [9.17, 15) is 4.79 Å². The van der Waals surface area contributed by atoms with Crippen molar-refractivity contribution in [3.05, 3.63) is 0 Å². The number of halogens is 1. The van der Waals surface area contributed by atoms with Crippen LogP contribution < -0.4 is 0 Å². The number of hydrogen-bond acceptors (Lipinski definition) is 1. The predicted molar refractivity (Wildman–Crippen MR) is 57.9 cm³/mol. The van der Waals surface area contributed by atoms with Gasteiger partial charge in [0.15, 0.2) is 0 Å². The molecule has 1 rings (SSSR count). The number of rotatable bonds is 3. The topological polar surface area (TPSA) is 20.3 Å². The smallest absolute Gasteiger partial charge is 0.226 e. The average molecular weight is 248 g/mol. The Morgan fingerprint density at radius 3 is 2.46 bits per heavy atom. The van der Waals surface area contributed by atoms with Crippen LogP contribution in [0.2, 0.25) is 0 Å². The van der Waals surface area contributed by atoms with Gasteiger partial charge in [0.1, 0.15) is 0 Å². The van der Waals surface area contributed by atoms with Gasteiger partial charge in [-0.25, -0.2) is 0 Å². The number of alkyl halides is 1. The van der Waals surface area contributed by atoms with E-state index < -0.39 is 0 Å². The standard InChI is InChI=1S/C10H18BrNO/c1-7(6-11)12(4)9(13)8-5-10(8,2)3/h7-8H,5-6H2,1-4H3. The summed E-state index contributed by atoms with van der Waals surface area (Å²) < 4.78 is 0. The molecule has 1 fully saturated rings. The van der Waals surface area contributed by atoms with Crippen molar-refractivity contribution in [1.82, 2.24) is 4.90 Å². The molecule has 0 bridgehead atoms. The van der Waals surface area contributed by atoms with E-state index in [2.05, 4.69) is 36.7 Å². The minimum atomic E-state index is 0.247. The summed E-state index contributed by atoms with van der Waals surface area (Å²) in [5, 5.41) is 0.850. The molecular weight excluding hydrogens is 230 g/mol. The molecule has 1 aliphatic rings. The highest BCUT2D eigenvalue weighted by molar-refractivity contribution is 9.09. The Bertz CT molecular complexity index is 215. The zero-order chi connectivity index (χ0) is 10.2. The van der Waals surface area contributed by atoms with Crippen LogP contribution in [0.4, 0.5) is 0 Å². The van der Waals surface area contributed by atoms with Crippen molar-refractivity contribution in [1.29, 1.82) is 0 Å². The predicted octanol–water partition coefficient (Wildman–Crippen LogP) is 2.27. The Morgan fingerprint density at radius 1 is 1.69 bits per heavy atom. The molecular formula is C10H18BrNO. The lowest BCUT2D eigenvalue weighted by molar-refractivity contribution is -0.133. The van der Waals surface area contributed by atoms with E-state index in [0.29, 0.717) is 11.9 Å². The Morgan fingerprint density at radius 2 is 2.15 bits per heavy atom. The van der Waals surface area contributed by atoms with Crippen molar-refractivity contribution >= 4 is 21.8 Å². The number of hydrogen-bond donors (Lipinski definition) is 0. The molecule has 0 spiro atoms. The molecule has 1 aliphatic carbocycles. The zero-order valence-corrected chi connectivity index (χ0v) is 10.4. The first kappa shape index (κ1) is 11.0. The van der Waals surface area contributed by atoms with Gasteiger partial charge in [0.25, 0.3) is 0 Å². The van der Waals surface area contributed by atoms with E-state index in [1.54, 1.807) is 0 Å². The van der Waals surface area contributed by atoms with Crippen LogP contribution in [0.3, 0.4) is 0 Å². The van der Waals surface area contributed by atoms with Gasteiger partial charge in [0, 0.05) is 24.3 Å². The summed E-state index contributed by atoms with van der Waals surface area (Å²) in [6.45, 7) is 6.37. The van der Waals surface area contributed by atoms with Gasteiger partial charge in [-0.2, -0.15) is 0 Å². The Hall–Kier alpha value is -0.0500. The van der Waals surface area contributed by atoms with Crippen LogP contribution in [0.1, 0.15) is 27.2 Å². The van der Waals surface area contributed by atoms with Crippen molar-refractivity contribution in [2.24, 2.45) is 11.3 Å². The van der Waals surface area contributed by atoms with Crippen molar-refractivity contribution in [3.8, 4) is 0 Å². The van der Waals surface area contributed by atoms with Crippen molar-refractivity contribution < 1.29 is 4.79 Å². The van der Waals surface area contributed by atoms with E-state index in [1.165, 1.54) is 0 Å². The molecule has 0 aromatic carbocycles. The van der Waals surface area contributed by atoms with Gasteiger partial charge in [-0.15, -0.1) is 0 Å². The molecule has 2 unspecified atom stereocenters. The van der Waals surface area contributed by atoms with Gasteiger partial charge in [-0.3, -0.25) is 4.79 Å². The Labute approximate surface area is 88.8 Å². The number of nitrogens with zero attached hydrogens (tertiary/aromatic N) is 1. The Balaban J connectivity index is 2.50. The van der Waals surface area contributed by atoms with Crippen LogP contribution in [0.25, 0.3) is 0 Å². The highest BCUT2D eigenvalue weighted by atomic mass is 79.9. The third-order valence-electron chi connectivity index (χ3n) is 3.04. The molecule has 0 aromatic heterocycles. The number of carbonyl (C=O) groups excluding carboxylic acids is 1. The average Bonchev–Trinajstić information content (AvgIpc) is 2.71. The van der Waals surface area contributed by atoms with E-state index in [1.807, 2.05) is 11.9 Å². The molecule has 0 radical (unpaired) electrons. The number of amides is 1. The largest absolute Gasteiger partial charge is 0.342 e. The molecule has 76 valence electrons. The minimum absolute atomic E-state index is 0.247. The SMILES string of the molecule is CC(CBr)N(C)C(=O)C1CC1(C)C. The van der Waals surface area contributed by atoms with Crippen LogP contribution >= 0.6 is 15.9 Å². The first-order valence-corrected chi connectivity index (χ1v) is 5.85. The fraction of sp³-hybridized carbons (Fsp3) is 0.900. The number of carbonyl (C=O) groups is 1. The molecule has 0 heterocycles. The maximum absolute atomic E-state index is 11.8. The maximum atomic E-state index is 11.8. The van der Waals surface area contributed by atoms with Crippen molar-refractivity contribution in [3.63, 3.8) is 0 Å². The molecule has 0 N–H and O–H groups in total. The summed E-state index contributed by atoms with van der Waals surface area (Å²) in [6.07, 6.45) is 1.05. The zero-order valence-electron chi connectivity index (χ0n) is 8.80. The van der Waals surface area contributed by atoms with Crippen LogP contribution in [0.15, 0.2) is 0 Å². The summed E-state index contributed by atoms with van der Waals surface area (Å²) >= 11 is 3.39. The summed E-state index contributed by atoms with van der Waals surface area (Å²) in [7, 11) is 1.89. The lowest BCUT2D eigenvalue weighted by Crippen LogP contribution is -2.37. The highest BCUT2D eigenvalue weighted by Crippen LogP contribution is 2.52. The van der Waals surface area contributed by atoms with Crippen LogP contribution in [0, 0.1) is 11.3 Å². The van der Waals surface area contributed by atoms with Gasteiger partial charge in [-0.1, -0.05) is 29.8 Å². The molecule has 2 atom stereocenters. The van der Waals surface area contributed by atoms with Gasteiger partial charge in [0.2, 0.25) is 5.91 Å². The summed E-state index contributed by atoms with van der Waals surface area (Å²) in [5.74, 6) is 0.566. The van der Waals surface area contributed by atoms with Gasteiger partial charge in [-0.05, 0) is 18.8 Å². The molecule has 0 saturated heterocycles. The molecule has 2 nitrogen and oxygen atoms in total. The summed E-state index contributed by atoms with van der Waals surface area (Å²) in [4.78, 5) is 13.7. The van der Waals surface area contributed by atoms with Crippen LogP contribution in [-0.2, 0) is 4.79 Å². The normalized spacial score (nSPS) is 26.7. The second-order valence-electron chi connectivity index (χ2n) is 4.70. The van der Waals surface area contributed by atoms with Gasteiger partial charge >= 0.3 is 0 Å². The fourth-order valence-electron chi connectivity index (χ4n) is 1.46. The third-order valence-corrected chi connectivity index (χ3v) is 3.98. The van der Waals surface area contributed by atoms with E-state index >= 15 is 0 Å². The van der Waals surface area contributed by atoms with E-state index in [4.69, 9.17) is 0 Å². The minimum Gasteiger partial charge on any atom is -0.342 e. The lowest BCUT2D eigenvalue weighted by atomic mass is 10.1. The third kappa shape index (κ3) is 2.25. The Kier molecular flexibility index (Phi) is 3.05. The first-order valence-electron chi connectivity index (χ1n) is 4.73. The molecule has 0 aromatic rings. The highest BCUT2D eigenvalue weighted by Gasteiger charge is 2.51. The van der Waals surface area contributed by atoms with Crippen molar-refractivity contribution in [2.75, 3.05) is 12.4 Å². The van der Waals surface area contributed by atoms with Crippen LogP contribution in [0.5, 0.6) is 0 Å². The first-order chi connectivity index (χ1) is 5.90. The van der Waals surface area contributed by atoms with E-state index in [-0.39, 0.29) is 11.3 Å². The summed E-state index contributed by atoms with van der Waals surface area (Å²) in [6, 6.07) is 0.295. The maximum Gasteiger partial charge on any atom is 0.226 e. The van der Waals surface area contributed by atoms with Gasteiger partial charge < -0.3 is 4.90 Å². The lowest BCUT2D eigenvalue weighted by Gasteiger charge is -2.23. The second-order valence-corrected chi connectivity index (χ2v) is 5.35. The quantitative estimate of drug-likeness (QED) is 0.701. The van der Waals surface area contributed by atoms with Crippen molar-refractivity contribution in [2.45, 2.75) is 33.2 Å². The van der Waals surface area contributed by atoms with Gasteiger partial charge in [0.05, 0.1) is 0 Å². The van der Waals surface area contributed by atoms with Crippen LogP contribution in [-0.4, -0.2) is 29.2 Å². The monoisotopic (exact) mass is 247 g/mol. The second kappa shape index (κ2) is 3.60. The molecule has 1 amide bonds. The van der Waals surface area contributed by atoms with E-state index in [0.717, 1.165) is 11.8 Å². The molecule has 13 heavy (non-hydrogen) atoms. The molecule has 1 saturated carbocycles.